The van der Waals surface area contributed by atoms with Crippen molar-refractivity contribution in [1.82, 2.24) is 15.3 Å². The molecule has 0 bridgehead atoms. The number of hydrogen-bond donors (Lipinski definition) is 1. The minimum absolute atomic E-state index is 0.0914. The summed E-state index contributed by atoms with van der Waals surface area (Å²) >= 11 is 3.39. The average Bonchev–Trinajstić information content (AvgIpc) is 2.64. The molecular formula is C20H21BrN4O2. The fourth-order valence-corrected chi connectivity index (χ4v) is 4.66. The Morgan fingerprint density at radius 1 is 1.26 bits per heavy atom. The molecule has 1 aromatic carbocycles. The Morgan fingerprint density at radius 2 is 1.96 bits per heavy atom. The number of ether oxygens (including phenoxy) is 1. The zero-order chi connectivity index (χ0) is 19.8. The third-order valence-corrected chi connectivity index (χ3v) is 5.88. The van der Waals surface area contributed by atoms with Gasteiger partial charge in [-0.25, -0.2) is 4.98 Å². The van der Waals surface area contributed by atoms with Gasteiger partial charge >= 0.3 is 0 Å². The zero-order valence-electron chi connectivity index (χ0n) is 15.7. The normalized spacial score (nSPS) is 22.2. The molecule has 7 heteroatoms. The number of nitrogens with one attached hydrogen (secondary N) is 1. The van der Waals surface area contributed by atoms with Gasteiger partial charge in [-0.05, 0) is 34.1 Å². The minimum atomic E-state index is -0.290. The highest BCUT2D eigenvalue weighted by Crippen LogP contribution is 2.55. The van der Waals surface area contributed by atoms with Gasteiger partial charge in [0.1, 0.15) is 23.6 Å². The van der Waals surface area contributed by atoms with Gasteiger partial charge in [0.15, 0.2) is 0 Å². The summed E-state index contributed by atoms with van der Waals surface area (Å²) < 4.78 is 6.96. The van der Waals surface area contributed by atoms with Gasteiger partial charge in [0, 0.05) is 33.7 Å². The third-order valence-electron chi connectivity index (χ3n) is 5.23. The zero-order valence-corrected chi connectivity index (χ0v) is 17.2. The van der Waals surface area contributed by atoms with Crippen LogP contribution in [0.5, 0.6) is 5.75 Å². The van der Waals surface area contributed by atoms with Crippen LogP contribution in [-0.4, -0.2) is 28.0 Å². The predicted molar refractivity (Wildman–Crippen MR) is 104 cm³/mol. The Bertz CT molecular complexity index is 890. The number of hydrogen-bond acceptors (Lipinski definition) is 5. The molecule has 6 nitrogen and oxygen atoms in total. The molecule has 1 N–H and O–H groups in total. The van der Waals surface area contributed by atoms with Crippen LogP contribution in [-0.2, 0) is 0 Å². The standard InChI is InChI=1S/C20H21BrN4O2/c1-19(2)17(25-16(26)15-11-23-7-8-24-15)20(3,4)18(19)27-13-6-5-12(10-22)14(21)9-13/h5-9,11,17-18H,1-4H3,(H,25,26). The molecule has 0 atom stereocenters. The lowest BCUT2D eigenvalue weighted by Crippen LogP contribution is -2.74. The SMILES string of the molecule is CC1(C)C(NC(=O)c2cnccn2)C(C)(C)C1Oc1ccc(C#N)c(Br)c1. The van der Waals surface area contributed by atoms with Crippen LogP contribution >= 0.6 is 15.9 Å². The first-order valence-corrected chi connectivity index (χ1v) is 9.40. The highest BCUT2D eigenvalue weighted by Gasteiger charge is 2.64. The first kappa shape index (κ1) is 19.3. The van der Waals surface area contributed by atoms with Crippen LogP contribution in [0, 0.1) is 22.2 Å². The van der Waals surface area contributed by atoms with Gasteiger partial charge in [-0.15, -0.1) is 0 Å². The monoisotopic (exact) mass is 428 g/mol. The summed E-state index contributed by atoms with van der Waals surface area (Å²) in [5.41, 5.74) is 0.275. The molecule has 1 aromatic heterocycles. The summed E-state index contributed by atoms with van der Waals surface area (Å²) in [6.45, 7) is 8.29. The topological polar surface area (TPSA) is 87.9 Å². The Labute approximate surface area is 167 Å². The molecule has 0 aliphatic heterocycles. The number of halogens is 1. The smallest absolute Gasteiger partial charge is 0.271 e. The van der Waals surface area contributed by atoms with E-state index in [9.17, 15) is 4.79 Å². The molecule has 0 radical (unpaired) electrons. The van der Waals surface area contributed by atoms with E-state index >= 15 is 0 Å². The van der Waals surface area contributed by atoms with Gasteiger partial charge in [-0.1, -0.05) is 27.7 Å². The van der Waals surface area contributed by atoms with Crippen LogP contribution in [0.2, 0.25) is 0 Å². The number of nitrogens with zero attached hydrogens (tertiary/aromatic N) is 3. The number of rotatable bonds is 4. The Morgan fingerprint density at radius 3 is 2.52 bits per heavy atom. The van der Waals surface area contributed by atoms with E-state index < -0.39 is 0 Å². The highest BCUT2D eigenvalue weighted by atomic mass is 79.9. The average molecular weight is 429 g/mol. The van der Waals surface area contributed by atoms with Crippen LogP contribution in [0.25, 0.3) is 0 Å². The van der Waals surface area contributed by atoms with Crippen LogP contribution in [0.1, 0.15) is 43.7 Å². The molecule has 1 aliphatic rings. The van der Waals surface area contributed by atoms with Gasteiger partial charge in [0.2, 0.25) is 0 Å². The second-order valence-corrected chi connectivity index (χ2v) is 8.75. The quantitative estimate of drug-likeness (QED) is 0.801. The second kappa shape index (κ2) is 6.93. The van der Waals surface area contributed by atoms with Gasteiger partial charge in [-0.3, -0.25) is 9.78 Å². The third kappa shape index (κ3) is 3.42. The first-order valence-electron chi connectivity index (χ1n) is 8.61. The van der Waals surface area contributed by atoms with Gasteiger partial charge in [0.05, 0.1) is 11.8 Å². The van der Waals surface area contributed by atoms with Crippen molar-refractivity contribution in [3.05, 3.63) is 52.5 Å². The van der Waals surface area contributed by atoms with E-state index in [-0.39, 0.29) is 28.9 Å². The largest absolute Gasteiger partial charge is 0.489 e. The van der Waals surface area contributed by atoms with E-state index in [4.69, 9.17) is 10.00 Å². The van der Waals surface area contributed by atoms with Crippen molar-refractivity contribution in [2.45, 2.75) is 39.8 Å². The molecule has 0 unspecified atom stereocenters. The Balaban J connectivity index is 1.77. The molecule has 0 saturated heterocycles. The molecule has 0 spiro atoms. The van der Waals surface area contributed by atoms with E-state index in [1.165, 1.54) is 18.6 Å². The summed E-state index contributed by atoms with van der Waals surface area (Å²) in [6.07, 6.45) is 4.38. The van der Waals surface area contributed by atoms with Crippen molar-refractivity contribution < 1.29 is 9.53 Å². The maximum atomic E-state index is 12.5. The fraction of sp³-hybridized carbons (Fsp3) is 0.400. The van der Waals surface area contributed by atoms with Crippen molar-refractivity contribution >= 4 is 21.8 Å². The van der Waals surface area contributed by atoms with Crippen molar-refractivity contribution in [3.63, 3.8) is 0 Å². The van der Waals surface area contributed by atoms with Crippen LogP contribution in [0.15, 0.2) is 41.3 Å². The van der Waals surface area contributed by atoms with Crippen molar-refractivity contribution in [2.75, 3.05) is 0 Å². The number of carbonyl (C=O) groups is 1. The number of amides is 1. The van der Waals surface area contributed by atoms with E-state index in [1.54, 1.807) is 18.2 Å². The number of aromatic nitrogens is 2. The van der Waals surface area contributed by atoms with E-state index in [2.05, 4.69) is 65.0 Å². The number of nitriles is 1. The number of carbonyl (C=O) groups excluding carboxylic acids is 1. The molecule has 1 amide bonds. The highest BCUT2D eigenvalue weighted by molar-refractivity contribution is 9.10. The predicted octanol–water partition coefficient (Wildman–Crippen LogP) is 3.72. The lowest BCUT2D eigenvalue weighted by atomic mass is 9.49. The van der Waals surface area contributed by atoms with Crippen molar-refractivity contribution in [1.29, 1.82) is 5.26 Å². The van der Waals surface area contributed by atoms with E-state index in [0.29, 0.717) is 21.5 Å². The Hall–Kier alpha value is -2.46. The second-order valence-electron chi connectivity index (χ2n) is 7.89. The molecule has 1 aliphatic carbocycles. The lowest BCUT2D eigenvalue weighted by molar-refractivity contribution is -0.164. The number of benzene rings is 1. The maximum absolute atomic E-state index is 12.5. The first-order chi connectivity index (χ1) is 12.7. The van der Waals surface area contributed by atoms with Gasteiger partial charge in [-0.2, -0.15) is 5.26 Å². The van der Waals surface area contributed by atoms with Crippen LogP contribution in [0.3, 0.4) is 0 Å². The minimum Gasteiger partial charge on any atom is -0.489 e. The molecule has 27 heavy (non-hydrogen) atoms. The lowest BCUT2D eigenvalue weighted by Gasteiger charge is -2.63. The summed E-state index contributed by atoms with van der Waals surface area (Å²) in [7, 11) is 0. The van der Waals surface area contributed by atoms with Gasteiger partial charge in [0.25, 0.3) is 5.91 Å². The molecule has 2 aromatic rings. The Kier molecular flexibility index (Phi) is 4.96. The summed E-state index contributed by atoms with van der Waals surface area (Å²) in [5.74, 6) is 0.444. The molecule has 1 saturated carbocycles. The molecule has 140 valence electrons. The maximum Gasteiger partial charge on any atom is 0.271 e. The molecule has 1 fully saturated rings. The summed E-state index contributed by atoms with van der Waals surface area (Å²) in [6, 6.07) is 7.35. The summed E-state index contributed by atoms with van der Waals surface area (Å²) in [5, 5.41) is 12.1. The van der Waals surface area contributed by atoms with E-state index in [1.807, 2.05) is 0 Å². The summed E-state index contributed by atoms with van der Waals surface area (Å²) in [4.78, 5) is 20.5. The van der Waals surface area contributed by atoms with Crippen molar-refractivity contribution in [2.24, 2.45) is 10.8 Å². The van der Waals surface area contributed by atoms with Crippen molar-refractivity contribution in [3.8, 4) is 11.8 Å². The molecule has 3 rings (SSSR count). The molecule has 1 heterocycles. The van der Waals surface area contributed by atoms with E-state index in [0.717, 1.165) is 0 Å². The van der Waals surface area contributed by atoms with Crippen LogP contribution < -0.4 is 10.1 Å². The van der Waals surface area contributed by atoms with Gasteiger partial charge < -0.3 is 10.1 Å². The van der Waals surface area contributed by atoms with Crippen LogP contribution in [0.4, 0.5) is 0 Å². The fourth-order valence-electron chi connectivity index (χ4n) is 4.22. The molecular weight excluding hydrogens is 408 g/mol.